The smallest absolute Gasteiger partial charge is 0.223 e. The van der Waals surface area contributed by atoms with Crippen LogP contribution < -0.4 is 5.32 Å². The van der Waals surface area contributed by atoms with Crippen LogP contribution in [-0.2, 0) is 10.5 Å². The first-order valence-corrected chi connectivity index (χ1v) is 8.37. The fourth-order valence-corrected chi connectivity index (χ4v) is 3.24. The van der Waals surface area contributed by atoms with Gasteiger partial charge in [0.25, 0.3) is 0 Å². The summed E-state index contributed by atoms with van der Waals surface area (Å²) in [5, 5.41) is 3.33. The fraction of sp³-hybridized carbons (Fsp3) is 0.600. The number of carbonyl (C=O) groups excluding carboxylic acids is 1. The molecule has 1 fully saturated rings. The molecule has 1 saturated heterocycles. The van der Waals surface area contributed by atoms with Crippen LogP contribution in [0.15, 0.2) is 24.4 Å². The summed E-state index contributed by atoms with van der Waals surface area (Å²) in [4.78, 5) is 18.4. The Bertz CT molecular complexity index is 417. The van der Waals surface area contributed by atoms with Crippen molar-refractivity contribution >= 4 is 42.5 Å². The van der Waals surface area contributed by atoms with E-state index < -0.39 is 0 Å². The number of amides is 1. The van der Waals surface area contributed by atoms with Crippen LogP contribution in [0.5, 0.6) is 0 Å². The molecule has 1 aliphatic heterocycles. The summed E-state index contributed by atoms with van der Waals surface area (Å²) in [5.41, 5.74) is 1.08. The van der Waals surface area contributed by atoms with E-state index in [1.807, 2.05) is 36.3 Å². The van der Waals surface area contributed by atoms with Crippen molar-refractivity contribution in [2.24, 2.45) is 0 Å². The quantitative estimate of drug-likeness (QED) is 0.787. The third-order valence-corrected chi connectivity index (χ3v) is 4.68. The van der Waals surface area contributed by atoms with Crippen molar-refractivity contribution < 1.29 is 4.79 Å². The van der Waals surface area contributed by atoms with Gasteiger partial charge in [0.15, 0.2) is 0 Å². The van der Waals surface area contributed by atoms with Crippen molar-refractivity contribution in [2.45, 2.75) is 31.1 Å². The lowest BCUT2D eigenvalue weighted by Gasteiger charge is -2.31. The van der Waals surface area contributed by atoms with Crippen LogP contribution >= 0.6 is 36.6 Å². The van der Waals surface area contributed by atoms with E-state index in [0.717, 1.165) is 43.1 Å². The van der Waals surface area contributed by atoms with Gasteiger partial charge in [-0.15, -0.1) is 24.8 Å². The van der Waals surface area contributed by atoms with Gasteiger partial charge in [-0.05, 0) is 38.1 Å². The number of aromatic nitrogens is 1. The van der Waals surface area contributed by atoms with Crippen LogP contribution in [0.1, 0.15) is 25.0 Å². The Morgan fingerprint density at radius 2 is 2.09 bits per heavy atom. The summed E-state index contributed by atoms with van der Waals surface area (Å²) in [5.74, 6) is 2.01. The lowest BCUT2D eigenvalue weighted by Crippen LogP contribution is -2.44. The highest BCUT2D eigenvalue weighted by Gasteiger charge is 2.21. The second kappa shape index (κ2) is 12.0. The van der Waals surface area contributed by atoms with Gasteiger partial charge < -0.3 is 10.2 Å². The lowest BCUT2D eigenvalue weighted by molar-refractivity contribution is -0.131. The number of halogens is 2. The van der Waals surface area contributed by atoms with Crippen LogP contribution in [-0.4, -0.2) is 47.7 Å². The van der Waals surface area contributed by atoms with Crippen molar-refractivity contribution in [3.8, 4) is 0 Å². The third kappa shape index (κ3) is 7.18. The molecule has 1 aromatic heterocycles. The zero-order valence-electron chi connectivity index (χ0n) is 12.9. The van der Waals surface area contributed by atoms with E-state index in [1.165, 1.54) is 0 Å². The molecule has 1 aromatic rings. The first kappa shape index (κ1) is 21.5. The average Bonchev–Trinajstić information content (AvgIpc) is 2.52. The molecule has 0 atom stereocenters. The summed E-state index contributed by atoms with van der Waals surface area (Å²) >= 11 is 1.78. The van der Waals surface area contributed by atoms with Gasteiger partial charge in [-0.2, -0.15) is 11.8 Å². The highest BCUT2D eigenvalue weighted by atomic mass is 35.5. The predicted molar refractivity (Wildman–Crippen MR) is 98.2 cm³/mol. The topological polar surface area (TPSA) is 45.2 Å². The first-order valence-electron chi connectivity index (χ1n) is 7.21. The molecule has 1 aliphatic rings. The molecule has 0 spiro atoms. The molecule has 22 heavy (non-hydrogen) atoms. The molecule has 0 bridgehead atoms. The number of rotatable bonds is 6. The van der Waals surface area contributed by atoms with Gasteiger partial charge in [0.2, 0.25) is 5.91 Å². The van der Waals surface area contributed by atoms with Gasteiger partial charge in [-0.25, -0.2) is 0 Å². The van der Waals surface area contributed by atoms with Gasteiger partial charge in [0, 0.05) is 37.2 Å². The molecule has 2 heterocycles. The Kier molecular flexibility index (Phi) is 11.7. The standard InChI is InChI=1S/C15H23N3OS.2ClH/c1-18(14-5-9-16-10-6-14)15(19)7-11-20-12-13-4-2-3-8-17-13;;/h2-4,8,14,16H,5-7,9-12H2,1H3;2*1H. The Balaban J connectivity index is 0.00000220. The highest BCUT2D eigenvalue weighted by Crippen LogP contribution is 2.14. The zero-order chi connectivity index (χ0) is 14.2. The van der Waals surface area contributed by atoms with E-state index in [9.17, 15) is 4.79 Å². The molecule has 0 aliphatic carbocycles. The second-order valence-electron chi connectivity index (χ2n) is 5.11. The Morgan fingerprint density at radius 1 is 1.36 bits per heavy atom. The van der Waals surface area contributed by atoms with Crippen LogP contribution in [0.25, 0.3) is 0 Å². The molecule has 7 heteroatoms. The summed E-state index contributed by atoms with van der Waals surface area (Å²) in [6.07, 6.45) is 4.58. The second-order valence-corrected chi connectivity index (χ2v) is 6.21. The van der Waals surface area contributed by atoms with Crippen molar-refractivity contribution in [1.82, 2.24) is 15.2 Å². The van der Waals surface area contributed by atoms with Gasteiger partial charge >= 0.3 is 0 Å². The van der Waals surface area contributed by atoms with Crippen molar-refractivity contribution in [3.05, 3.63) is 30.1 Å². The predicted octanol–water partition coefficient (Wildman–Crippen LogP) is 2.76. The minimum atomic E-state index is 0. The van der Waals surface area contributed by atoms with E-state index in [-0.39, 0.29) is 30.7 Å². The maximum Gasteiger partial charge on any atom is 0.223 e. The zero-order valence-corrected chi connectivity index (χ0v) is 15.3. The molecule has 0 aromatic carbocycles. The fourth-order valence-electron chi connectivity index (χ4n) is 2.39. The number of nitrogens with one attached hydrogen (secondary N) is 1. The molecule has 1 amide bonds. The van der Waals surface area contributed by atoms with Crippen molar-refractivity contribution in [3.63, 3.8) is 0 Å². The van der Waals surface area contributed by atoms with E-state index in [1.54, 1.807) is 11.8 Å². The number of piperidine rings is 1. The molecule has 2 rings (SSSR count). The molecule has 126 valence electrons. The summed E-state index contributed by atoms with van der Waals surface area (Å²) < 4.78 is 0. The largest absolute Gasteiger partial charge is 0.343 e. The molecular formula is C15H25Cl2N3OS. The summed E-state index contributed by atoms with van der Waals surface area (Å²) in [6, 6.07) is 6.37. The van der Waals surface area contributed by atoms with Crippen molar-refractivity contribution in [1.29, 1.82) is 0 Å². The molecule has 0 radical (unpaired) electrons. The number of pyridine rings is 1. The SMILES string of the molecule is CN(C(=O)CCSCc1ccccn1)C1CCNCC1.Cl.Cl. The van der Waals surface area contributed by atoms with Gasteiger partial charge in [-0.3, -0.25) is 9.78 Å². The number of hydrogen-bond donors (Lipinski definition) is 1. The maximum atomic E-state index is 12.1. The van der Waals surface area contributed by atoms with Gasteiger partial charge in [0.05, 0.1) is 5.69 Å². The summed E-state index contributed by atoms with van der Waals surface area (Å²) in [7, 11) is 1.95. The molecule has 0 saturated carbocycles. The Hall–Kier alpha value is -0.490. The van der Waals surface area contributed by atoms with Gasteiger partial charge in [0.1, 0.15) is 0 Å². The van der Waals surface area contributed by atoms with Crippen LogP contribution in [0, 0.1) is 0 Å². The monoisotopic (exact) mass is 365 g/mol. The Morgan fingerprint density at radius 3 is 2.73 bits per heavy atom. The molecule has 4 nitrogen and oxygen atoms in total. The third-order valence-electron chi connectivity index (χ3n) is 3.69. The van der Waals surface area contributed by atoms with Crippen LogP contribution in [0.3, 0.4) is 0 Å². The van der Waals surface area contributed by atoms with Crippen LogP contribution in [0.4, 0.5) is 0 Å². The number of thioether (sulfide) groups is 1. The van der Waals surface area contributed by atoms with E-state index in [4.69, 9.17) is 0 Å². The van der Waals surface area contributed by atoms with E-state index in [0.29, 0.717) is 12.5 Å². The molecular weight excluding hydrogens is 341 g/mol. The number of hydrogen-bond acceptors (Lipinski definition) is 4. The minimum Gasteiger partial charge on any atom is -0.343 e. The van der Waals surface area contributed by atoms with E-state index in [2.05, 4.69) is 10.3 Å². The summed E-state index contributed by atoms with van der Waals surface area (Å²) in [6.45, 7) is 2.05. The molecule has 0 unspecified atom stereocenters. The van der Waals surface area contributed by atoms with Crippen LogP contribution in [0.2, 0.25) is 0 Å². The van der Waals surface area contributed by atoms with E-state index >= 15 is 0 Å². The van der Waals surface area contributed by atoms with Crippen molar-refractivity contribution in [2.75, 3.05) is 25.9 Å². The molecule has 1 N–H and O–H groups in total. The highest BCUT2D eigenvalue weighted by molar-refractivity contribution is 7.98. The number of carbonyl (C=O) groups is 1. The maximum absolute atomic E-state index is 12.1. The number of nitrogens with zero attached hydrogens (tertiary/aromatic N) is 2. The lowest BCUT2D eigenvalue weighted by atomic mass is 10.1. The normalized spacial score (nSPS) is 14.6. The Labute approximate surface area is 149 Å². The minimum absolute atomic E-state index is 0. The first-order chi connectivity index (χ1) is 9.77. The average molecular weight is 366 g/mol. The van der Waals surface area contributed by atoms with Gasteiger partial charge in [-0.1, -0.05) is 6.07 Å².